The third kappa shape index (κ3) is 6.13. The van der Waals surface area contributed by atoms with Gasteiger partial charge in [0, 0.05) is 25.2 Å². The summed E-state index contributed by atoms with van der Waals surface area (Å²) in [7, 11) is 1.92. The van der Waals surface area contributed by atoms with Crippen LogP contribution in [0.2, 0.25) is 10.0 Å². The first kappa shape index (κ1) is 25.0. The van der Waals surface area contributed by atoms with Gasteiger partial charge in [0.2, 0.25) is 0 Å². The number of rotatable bonds is 8. The van der Waals surface area contributed by atoms with Crippen molar-refractivity contribution in [1.82, 2.24) is 9.80 Å². The van der Waals surface area contributed by atoms with E-state index in [0.29, 0.717) is 22.0 Å². The van der Waals surface area contributed by atoms with E-state index in [4.69, 9.17) is 23.2 Å². The fraction of sp³-hybridized carbons (Fsp3) is 0.414. The molecule has 0 bridgehead atoms. The van der Waals surface area contributed by atoms with Crippen LogP contribution in [0.25, 0.3) is 10.8 Å². The maximum absolute atomic E-state index is 13.0. The zero-order chi connectivity index (χ0) is 24.1. The topological polar surface area (TPSA) is 23.6 Å². The van der Waals surface area contributed by atoms with Gasteiger partial charge >= 0.3 is 0 Å². The molecule has 1 saturated heterocycles. The van der Waals surface area contributed by atoms with E-state index in [9.17, 15) is 4.79 Å². The Morgan fingerprint density at radius 1 is 1.00 bits per heavy atom. The minimum absolute atomic E-state index is 0.0981. The molecular formula is C29H34Cl2N2O. The maximum Gasteiger partial charge on any atom is 0.253 e. The molecule has 3 nitrogen and oxygen atoms in total. The normalized spacial score (nSPS) is 16.0. The molecule has 34 heavy (non-hydrogen) atoms. The van der Waals surface area contributed by atoms with Crippen LogP contribution in [-0.4, -0.2) is 48.4 Å². The molecule has 0 aliphatic carbocycles. The van der Waals surface area contributed by atoms with Gasteiger partial charge in [-0.2, -0.15) is 0 Å². The highest BCUT2D eigenvalue weighted by Gasteiger charge is 2.25. The van der Waals surface area contributed by atoms with Crippen molar-refractivity contribution in [2.75, 3.05) is 26.7 Å². The quantitative estimate of drug-likeness (QED) is 0.325. The number of nitrogens with zero attached hydrogens (tertiary/aromatic N) is 2. The number of piperidine rings is 1. The van der Waals surface area contributed by atoms with E-state index < -0.39 is 0 Å². The molecule has 0 saturated carbocycles. The highest BCUT2D eigenvalue weighted by Crippen LogP contribution is 2.28. The van der Waals surface area contributed by atoms with Crippen LogP contribution < -0.4 is 0 Å². The molecule has 0 N–H and O–H groups in total. The molecule has 3 aromatic rings. The monoisotopic (exact) mass is 496 g/mol. The maximum atomic E-state index is 13.0. The molecule has 180 valence electrons. The molecule has 1 aliphatic heterocycles. The van der Waals surface area contributed by atoms with Crippen molar-refractivity contribution in [3.63, 3.8) is 0 Å². The number of carbonyl (C=O) groups is 1. The molecular weight excluding hydrogens is 463 g/mol. The summed E-state index contributed by atoms with van der Waals surface area (Å²) in [6.45, 7) is 5.27. The number of fused-ring (bicyclic) bond motifs is 1. The number of carbonyl (C=O) groups excluding carboxylic acids is 1. The van der Waals surface area contributed by atoms with Crippen molar-refractivity contribution in [3.05, 3.63) is 81.8 Å². The van der Waals surface area contributed by atoms with Gasteiger partial charge < -0.3 is 9.80 Å². The predicted molar refractivity (Wildman–Crippen MR) is 144 cm³/mol. The van der Waals surface area contributed by atoms with Gasteiger partial charge in [-0.25, -0.2) is 0 Å². The van der Waals surface area contributed by atoms with Gasteiger partial charge in [-0.15, -0.1) is 0 Å². The molecule has 1 atom stereocenters. The number of hydrogen-bond acceptors (Lipinski definition) is 2. The Morgan fingerprint density at radius 2 is 1.74 bits per heavy atom. The lowest BCUT2D eigenvalue weighted by molar-refractivity contribution is 0.0755. The number of likely N-dealkylation sites (tertiary alicyclic amines) is 1. The minimum Gasteiger partial charge on any atom is -0.342 e. The third-order valence-corrected chi connectivity index (χ3v) is 8.03. The molecule has 1 heterocycles. The molecule has 4 rings (SSSR count). The molecule has 1 fully saturated rings. The fourth-order valence-corrected chi connectivity index (χ4v) is 5.47. The third-order valence-electron chi connectivity index (χ3n) is 7.29. The van der Waals surface area contributed by atoms with E-state index in [-0.39, 0.29) is 5.91 Å². The standard InChI is InChI=1S/C29H34Cl2N2O/c1-3-26(33-16-12-21(13-17-33)18-22-8-11-27(30)28(31)19-22)14-15-32(2)29(34)25-10-9-23-6-4-5-7-24(23)20-25/h4-11,19-21,26H,3,12-18H2,1-2H3. The highest BCUT2D eigenvalue weighted by molar-refractivity contribution is 6.42. The Morgan fingerprint density at radius 3 is 2.44 bits per heavy atom. The van der Waals surface area contributed by atoms with E-state index in [0.717, 1.165) is 55.2 Å². The Hall–Kier alpha value is -2.07. The summed E-state index contributed by atoms with van der Waals surface area (Å²) in [4.78, 5) is 17.5. The number of hydrogen-bond donors (Lipinski definition) is 0. The van der Waals surface area contributed by atoms with Gasteiger partial charge in [0.05, 0.1) is 10.0 Å². The summed E-state index contributed by atoms with van der Waals surface area (Å²) < 4.78 is 0. The van der Waals surface area contributed by atoms with Crippen LogP contribution in [0.3, 0.4) is 0 Å². The van der Waals surface area contributed by atoms with Gasteiger partial charge in [0.25, 0.3) is 5.91 Å². The largest absolute Gasteiger partial charge is 0.342 e. The average molecular weight is 498 g/mol. The van der Waals surface area contributed by atoms with Crippen molar-refractivity contribution in [2.24, 2.45) is 5.92 Å². The van der Waals surface area contributed by atoms with Gasteiger partial charge in [-0.1, -0.05) is 66.5 Å². The van der Waals surface area contributed by atoms with Crippen LogP contribution in [0.1, 0.15) is 48.5 Å². The van der Waals surface area contributed by atoms with Crippen molar-refractivity contribution in [1.29, 1.82) is 0 Å². The van der Waals surface area contributed by atoms with Crippen LogP contribution in [0, 0.1) is 5.92 Å². The summed E-state index contributed by atoms with van der Waals surface area (Å²) >= 11 is 12.3. The van der Waals surface area contributed by atoms with Gasteiger partial charge in [-0.05, 0) is 91.7 Å². The molecule has 5 heteroatoms. The van der Waals surface area contributed by atoms with E-state index >= 15 is 0 Å². The smallest absolute Gasteiger partial charge is 0.253 e. The minimum atomic E-state index is 0.0981. The van der Waals surface area contributed by atoms with Gasteiger partial charge in [-0.3, -0.25) is 4.79 Å². The lowest BCUT2D eigenvalue weighted by atomic mass is 9.89. The summed E-state index contributed by atoms with van der Waals surface area (Å²) in [5.74, 6) is 0.782. The van der Waals surface area contributed by atoms with E-state index in [1.165, 1.54) is 18.4 Å². The Kier molecular flexibility index (Phi) is 8.52. The van der Waals surface area contributed by atoms with Crippen LogP contribution in [0.5, 0.6) is 0 Å². The molecule has 1 unspecified atom stereocenters. The van der Waals surface area contributed by atoms with Crippen LogP contribution in [0.4, 0.5) is 0 Å². The summed E-state index contributed by atoms with van der Waals surface area (Å²) in [5.41, 5.74) is 2.03. The summed E-state index contributed by atoms with van der Waals surface area (Å²) in [6, 6.07) is 20.7. The highest BCUT2D eigenvalue weighted by atomic mass is 35.5. The SMILES string of the molecule is CCC(CCN(C)C(=O)c1ccc2ccccc2c1)N1CCC(Cc2ccc(Cl)c(Cl)c2)CC1. The van der Waals surface area contributed by atoms with Crippen molar-refractivity contribution in [3.8, 4) is 0 Å². The van der Waals surface area contributed by atoms with Gasteiger partial charge in [0.15, 0.2) is 0 Å². The Bertz CT molecular complexity index is 1120. The van der Waals surface area contributed by atoms with Crippen molar-refractivity contribution < 1.29 is 4.79 Å². The van der Waals surface area contributed by atoms with Crippen LogP contribution in [0.15, 0.2) is 60.7 Å². The molecule has 1 aliphatic rings. The molecule has 3 aromatic carbocycles. The number of halogens is 2. The first-order valence-corrected chi connectivity index (χ1v) is 13.1. The number of benzene rings is 3. The van der Waals surface area contributed by atoms with E-state index in [1.54, 1.807) is 0 Å². The second-order valence-corrected chi connectivity index (χ2v) is 10.4. The Balaban J connectivity index is 1.27. The van der Waals surface area contributed by atoms with Crippen molar-refractivity contribution in [2.45, 2.75) is 45.1 Å². The summed E-state index contributed by atoms with van der Waals surface area (Å²) in [5, 5.41) is 3.53. The van der Waals surface area contributed by atoms with Crippen molar-refractivity contribution >= 4 is 39.9 Å². The Labute approximate surface area is 213 Å². The molecule has 0 aromatic heterocycles. The molecule has 0 radical (unpaired) electrons. The second-order valence-electron chi connectivity index (χ2n) is 9.57. The van der Waals surface area contributed by atoms with Gasteiger partial charge in [0.1, 0.15) is 0 Å². The fourth-order valence-electron chi connectivity index (χ4n) is 5.15. The summed E-state index contributed by atoms with van der Waals surface area (Å²) in [6.07, 6.45) is 5.56. The van der Waals surface area contributed by atoms with E-state index in [2.05, 4.69) is 30.0 Å². The molecule has 0 spiro atoms. The predicted octanol–water partition coefficient (Wildman–Crippen LogP) is 7.34. The lowest BCUT2D eigenvalue weighted by Gasteiger charge is -2.38. The zero-order valence-corrected chi connectivity index (χ0v) is 21.7. The van der Waals surface area contributed by atoms with Crippen LogP contribution in [-0.2, 0) is 6.42 Å². The van der Waals surface area contributed by atoms with Crippen LogP contribution >= 0.6 is 23.2 Å². The zero-order valence-electron chi connectivity index (χ0n) is 20.1. The first-order valence-electron chi connectivity index (χ1n) is 12.4. The van der Waals surface area contributed by atoms with E-state index in [1.807, 2.05) is 54.4 Å². The number of amides is 1. The average Bonchev–Trinajstić information content (AvgIpc) is 2.86. The first-order chi connectivity index (χ1) is 16.4. The molecule has 1 amide bonds. The lowest BCUT2D eigenvalue weighted by Crippen LogP contribution is -2.43. The second kappa shape index (κ2) is 11.6.